The van der Waals surface area contributed by atoms with Crippen molar-refractivity contribution in [2.24, 2.45) is 11.7 Å². The maximum absolute atomic E-state index is 13.0. The predicted octanol–water partition coefficient (Wildman–Crippen LogP) is 1.15. The molecule has 1 aromatic rings. The largest absolute Gasteiger partial charge is 0.469 e. The van der Waals surface area contributed by atoms with Crippen molar-refractivity contribution >= 4 is 11.9 Å². The first kappa shape index (κ1) is 21.1. The summed E-state index contributed by atoms with van der Waals surface area (Å²) in [4.78, 5) is 28.5. The number of hydrogen-bond acceptors (Lipinski definition) is 5. The number of likely N-dealkylation sites (N-methyl/N-ethyl adjacent to an activating group) is 1. The van der Waals surface area contributed by atoms with E-state index in [-0.39, 0.29) is 24.3 Å². The van der Waals surface area contributed by atoms with E-state index in [0.29, 0.717) is 13.0 Å². The van der Waals surface area contributed by atoms with Crippen molar-refractivity contribution in [3.8, 4) is 0 Å². The molecule has 2 atom stereocenters. The van der Waals surface area contributed by atoms with Crippen LogP contribution in [0.15, 0.2) is 30.3 Å². The second-order valence-corrected chi connectivity index (χ2v) is 6.60. The first-order valence-electron chi connectivity index (χ1n) is 8.61. The highest BCUT2D eigenvalue weighted by Crippen LogP contribution is 2.18. The Labute approximate surface area is 150 Å². The normalized spacial score (nSPS) is 13.4. The molecule has 0 aliphatic heterocycles. The van der Waals surface area contributed by atoms with Gasteiger partial charge in [0.1, 0.15) is 0 Å². The van der Waals surface area contributed by atoms with E-state index in [0.717, 1.165) is 18.5 Å². The van der Waals surface area contributed by atoms with Crippen LogP contribution in [0.2, 0.25) is 0 Å². The molecule has 0 spiro atoms. The van der Waals surface area contributed by atoms with Crippen LogP contribution in [0, 0.1) is 5.92 Å². The van der Waals surface area contributed by atoms with E-state index < -0.39 is 5.92 Å². The Morgan fingerprint density at radius 1 is 1.16 bits per heavy atom. The van der Waals surface area contributed by atoms with Crippen LogP contribution in [0.4, 0.5) is 0 Å². The van der Waals surface area contributed by atoms with Crippen LogP contribution in [-0.2, 0) is 20.7 Å². The molecule has 0 fully saturated rings. The number of carbonyl (C=O) groups excluding carboxylic acids is 2. The van der Waals surface area contributed by atoms with Gasteiger partial charge in [0.25, 0.3) is 0 Å². The molecule has 1 amide bonds. The maximum atomic E-state index is 13.0. The highest BCUT2D eigenvalue weighted by Gasteiger charge is 2.28. The summed E-state index contributed by atoms with van der Waals surface area (Å²) < 4.78 is 4.77. The summed E-state index contributed by atoms with van der Waals surface area (Å²) >= 11 is 0. The topological polar surface area (TPSA) is 75.9 Å². The van der Waals surface area contributed by atoms with Gasteiger partial charge in [-0.3, -0.25) is 9.59 Å². The fraction of sp³-hybridized carbons (Fsp3) is 0.579. The molecule has 1 aromatic carbocycles. The van der Waals surface area contributed by atoms with Crippen molar-refractivity contribution in [2.45, 2.75) is 25.3 Å². The van der Waals surface area contributed by atoms with Crippen molar-refractivity contribution in [1.82, 2.24) is 9.80 Å². The van der Waals surface area contributed by atoms with Gasteiger partial charge in [-0.2, -0.15) is 0 Å². The summed E-state index contributed by atoms with van der Waals surface area (Å²) in [6, 6.07) is 9.66. The van der Waals surface area contributed by atoms with Crippen molar-refractivity contribution in [3.63, 3.8) is 0 Å². The summed E-state index contributed by atoms with van der Waals surface area (Å²) in [5, 5.41) is 0. The van der Waals surface area contributed by atoms with E-state index in [2.05, 4.69) is 4.90 Å². The van der Waals surface area contributed by atoms with Gasteiger partial charge in [-0.15, -0.1) is 0 Å². The van der Waals surface area contributed by atoms with Gasteiger partial charge in [-0.1, -0.05) is 30.3 Å². The quantitative estimate of drug-likeness (QED) is 0.641. The van der Waals surface area contributed by atoms with E-state index in [4.69, 9.17) is 10.5 Å². The number of rotatable bonds is 10. The van der Waals surface area contributed by atoms with E-state index in [1.54, 1.807) is 11.9 Å². The van der Waals surface area contributed by atoms with Crippen molar-refractivity contribution in [3.05, 3.63) is 35.9 Å². The first-order chi connectivity index (χ1) is 11.9. The van der Waals surface area contributed by atoms with Crippen molar-refractivity contribution < 1.29 is 14.3 Å². The predicted molar refractivity (Wildman–Crippen MR) is 99.1 cm³/mol. The number of hydrogen-bond donors (Lipinski definition) is 1. The van der Waals surface area contributed by atoms with Crippen molar-refractivity contribution in [2.75, 3.05) is 41.3 Å². The van der Waals surface area contributed by atoms with E-state index >= 15 is 0 Å². The SMILES string of the molecule is COC(=O)C[C@@H](Cc1ccccc1)C(=O)N(C)[C@H](CN)CCN(C)C. The summed E-state index contributed by atoms with van der Waals surface area (Å²) in [7, 11) is 7.09. The Bertz CT molecular complexity index is 534. The van der Waals surface area contributed by atoms with Crippen LogP contribution in [-0.4, -0.2) is 69.1 Å². The van der Waals surface area contributed by atoms with Gasteiger partial charge >= 0.3 is 5.97 Å². The Balaban J connectivity index is 2.86. The second kappa shape index (κ2) is 10.8. The average Bonchev–Trinajstić information content (AvgIpc) is 2.61. The van der Waals surface area contributed by atoms with Gasteiger partial charge in [0, 0.05) is 19.6 Å². The molecule has 2 N–H and O–H groups in total. The van der Waals surface area contributed by atoms with Gasteiger partial charge in [-0.25, -0.2) is 0 Å². The lowest BCUT2D eigenvalue weighted by Crippen LogP contribution is -2.46. The average molecular weight is 349 g/mol. The highest BCUT2D eigenvalue weighted by molar-refractivity contribution is 5.84. The van der Waals surface area contributed by atoms with Gasteiger partial charge in [0.05, 0.1) is 19.4 Å². The molecule has 0 unspecified atom stereocenters. The fourth-order valence-corrected chi connectivity index (χ4v) is 2.77. The maximum Gasteiger partial charge on any atom is 0.306 e. The number of esters is 1. The third-order valence-corrected chi connectivity index (χ3v) is 4.39. The third kappa shape index (κ3) is 7.23. The first-order valence-corrected chi connectivity index (χ1v) is 8.61. The van der Waals surface area contributed by atoms with Crippen LogP contribution in [0.1, 0.15) is 18.4 Å². The lowest BCUT2D eigenvalue weighted by molar-refractivity contribution is -0.147. The molecular formula is C19H31N3O3. The molecule has 0 heterocycles. The summed E-state index contributed by atoms with van der Waals surface area (Å²) in [6.45, 7) is 1.24. The molecule has 6 heteroatoms. The van der Waals surface area contributed by atoms with Gasteiger partial charge < -0.3 is 20.3 Å². The monoisotopic (exact) mass is 349 g/mol. The zero-order chi connectivity index (χ0) is 18.8. The molecule has 0 bridgehead atoms. The second-order valence-electron chi connectivity index (χ2n) is 6.60. The standard InChI is InChI=1S/C19H31N3O3/c1-21(2)11-10-17(14-20)22(3)19(24)16(13-18(23)25-4)12-15-8-6-5-7-9-15/h5-9,16-17H,10-14,20H2,1-4H3/t16-,17+/m1/s1. The van der Waals surface area contributed by atoms with Crippen molar-refractivity contribution in [1.29, 1.82) is 0 Å². The molecule has 0 aliphatic rings. The molecule has 25 heavy (non-hydrogen) atoms. The van der Waals surface area contributed by atoms with E-state index in [9.17, 15) is 9.59 Å². The van der Waals surface area contributed by atoms with Gasteiger partial charge in [-0.05, 0) is 39.0 Å². The minimum absolute atomic E-state index is 0.0502. The number of carbonyl (C=O) groups is 2. The zero-order valence-corrected chi connectivity index (χ0v) is 15.8. The minimum Gasteiger partial charge on any atom is -0.469 e. The Hall–Kier alpha value is -1.92. The molecule has 0 radical (unpaired) electrons. The van der Waals surface area contributed by atoms with Crippen LogP contribution in [0.3, 0.4) is 0 Å². The number of ether oxygens (including phenoxy) is 1. The number of nitrogens with two attached hydrogens (primary N) is 1. The van der Waals surface area contributed by atoms with Gasteiger partial charge in [0.2, 0.25) is 5.91 Å². The summed E-state index contributed by atoms with van der Waals surface area (Å²) in [6.07, 6.45) is 1.37. The lowest BCUT2D eigenvalue weighted by atomic mass is 9.94. The number of amides is 1. The molecule has 0 aliphatic carbocycles. The smallest absolute Gasteiger partial charge is 0.306 e. The Kier molecular flexibility index (Phi) is 9.16. The van der Waals surface area contributed by atoms with E-state index in [1.165, 1.54) is 7.11 Å². The van der Waals surface area contributed by atoms with Crippen LogP contribution >= 0.6 is 0 Å². The molecule has 140 valence electrons. The Morgan fingerprint density at radius 3 is 2.32 bits per heavy atom. The molecule has 0 saturated heterocycles. The molecule has 0 saturated carbocycles. The molecule has 6 nitrogen and oxygen atoms in total. The van der Waals surface area contributed by atoms with Gasteiger partial charge in [0.15, 0.2) is 0 Å². The van der Waals surface area contributed by atoms with Crippen LogP contribution < -0.4 is 5.73 Å². The lowest BCUT2D eigenvalue weighted by Gasteiger charge is -2.31. The molecule has 1 rings (SSSR count). The zero-order valence-electron chi connectivity index (χ0n) is 15.8. The molecular weight excluding hydrogens is 318 g/mol. The number of nitrogens with zero attached hydrogens (tertiary/aromatic N) is 2. The Morgan fingerprint density at radius 2 is 1.80 bits per heavy atom. The molecule has 0 aromatic heterocycles. The van der Waals surface area contributed by atoms with E-state index in [1.807, 2.05) is 44.4 Å². The van der Waals surface area contributed by atoms with Crippen LogP contribution in [0.25, 0.3) is 0 Å². The van der Waals surface area contributed by atoms with Crippen LogP contribution in [0.5, 0.6) is 0 Å². The number of benzene rings is 1. The minimum atomic E-state index is -0.451. The summed E-state index contributed by atoms with van der Waals surface area (Å²) in [5.41, 5.74) is 6.90. The number of methoxy groups -OCH3 is 1. The third-order valence-electron chi connectivity index (χ3n) is 4.39. The summed E-state index contributed by atoms with van der Waals surface area (Å²) in [5.74, 6) is -0.892. The highest BCUT2D eigenvalue weighted by atomic mass is 16.5. The fourth-order valence-electron chi connectivity index (χ4n) is 2.77.